The smallest absolute Gasteiger partial charge is 0.484 e. The van der Waals surface area contributed by atoms with E-state index in [2.05, 4.69) is 32.4 Å². The second-order valence-corrected chi connectivity index (χ2v) is 10.1. The Hall–Kier alpha value is -2.62. The normalized spacial score (nSPS) is 32.3. The zero-order valence-corrected chi connectivity index (χ0v) is 17.9. The Bertz CT molecular complexity index is 1040. The van der Waals surface area contributed by atoms with Crippen molar-refractivity contribution in [3.8, 4) is 5.75 Å². The number of benzene rings is 1. The Morgan fingerprint density at radius 3 is 2.42 bits per heavy atom. The molecule has 5 aliphatic rings. The first-order valence-corrected chi connectivity index (χ1v) is 11.3. The maximum atomic E-state index is 12.4. The van der Waals surface area contributed by atoms with Gasteiger partial charge in [0, 0.05) is 11.5 Å². The summed E-state index contributed by atoms with van der Waals surface area (Å²) in [7, 11) is 0. The minimum absolute atomic E-state index is 0.0366. The number of alkyl halides is 3. The van der Waals surface area contributed by atoms with Gasteiger partial charge in [0.2, 0.25) is 11.8 Å². The third-order valence-corrected chi connectivity index (χ3v) is 7.37. The Kier molecular flexibility index (Phi) is 4.56. The summed E-state index contributed by atoms with van der Waals surface area (Å²) in [5.41, 5.74) is 0.832. The summed E-state index contributed by atoms with van der Waals surface area (Å²) < 4.78 is 52.2. The van der Waals surface area contributed by atoms with Crippen LogP contribution in [0.4, 0.5) is 13.2 Å². The Morgan fingerprint density at radius 2 is 1.79 bits per heavy atom. The first kappa shape index (κ1) is 20.9. The first-order chi connectivity index (χ1) is 15.7. The lowest BCUT2D eigenvalue weighted by atomic mass is 9.39. The van der Waals surface area contributed by atoms with E-state index in [0.717, 1.165) is 0 Å². The van der Waals surface area contributed by atoms with Gasteiger partial charge in [-0.1, -0.05) is 12.1 Å². The molecule has 1 N–H and O–H groups in total. The lowest BCUT2D eigenvalue weighted by Gasteiger charge is -2.68. The maximum Gasteiger partial charge on any atom is 0.522 e. The van der Waals surface area contributed by atoms with E-state index in [4.69, 9.17) is 9.15 Å². The summed E-state index contributed by atoms with van der Waals surface area (Å²) in [6.07, 6.45) is -0.391. The molecule has 5 aliphatic carbocycles. The predicted molar refractivity (Wildman–Crippen MR) is 108 cm³/mol. The number of hydrogen-bond donors (Lipinski definition) is 1. The van der Waals surface area contributed by atoms with Crippen LogP contribution in [0.1, 0.15) is 74.1 Å². The molecule has 5 saturated carbocycles. The van der Waals surface area contributed by atoms with Crippen molar-refractivity contribution in [3.63, 3.8) is 0 Å². The van der Waals surface area contributed by atoms with E-state index in [1.54, 1.807) is 0 Å². The van der Waals surface area contributed by atoms with Crippen molar-refractivity contribution in [1.82, 2.24) is 15.5 Å². The number of amides is 1. The number of aromatic nitrogens is 2. The number of carbonyl (C=O) groups excluding carboxylic acids is 1. The zero-order chi connectivity index (χ0) is 22.8. The molecule has 5 fully saturated rings. The molecule has 2 bridgehead atoms. The highest BCUT2D eigenvalue weighted by atomic mass is 19.4. The van der Waals surface area contributed by atoms with E-state index >= 15 is 0 Å². The van der Waals surface area contributed by atoms with Gasteiger partial charge in [0.05, 0.1) is 11.5 Å². The van der Waals surface area contributed by atoms with Crippen LogP contribution in [0.2, 0.25) is 0 Å². The number of rotatable bonds is 8. The van der Waals surface area contributed by atoms with Gasteiger partial charge >= 0.3 is 6.36 Å². The van der Waals surface area contributed by atoms with Crippen LogP contribution in [0, 0.1) is 0 Å². The van der Waals surface area contributed by atoms with E-state index in [-0.39, 0.29) is 42.2 Å². The molecule has 0 unspecified atom stereocenters. The summed E-state index contributed by atoms with van der Waals surface area (Å²) in [4.78, 5) is 12.4. The molecule has 0 spiro atoms. The molecule has 0 saturated heterocycles. The van der Waals surface area contributed by atoms with Gasteiger partial charge in [0.15, 0.2) is 6.61 Å². The number of hydrogen-bond acceptors (Lipinski definition) is 6. The zero-order valence-electron chi connectivity index (χ0n) is 17.9. The minimum atomic E-state index is -4.62. The third kappa shape index (κ3) is 3.98. The molecule has 1 heterocycles. The van der Waals surface area contributed by atoms with Crippen LogP contribution in [-0.2, 0) is 14.9 Å². The molecular weight excluding hydrogens is 439 g/mol. The van der Waals surface area contributed by atoms with Gasteiger partial charge in [-0.05, 0) is 68.6 Å². The predicted octanol–water partition coefficient (Wildman–Crippen LogP) is 4.10. The van der Waals surface area contributed by atoms with Crippen LogP contribution in [0.25, 0.3) is 0 Å². The molecular formula is C23H24F3N3O4. The number of nitrogens with one attached hydrogen (secondary N) is 1. The van der Waals surface area contributed by atoms with Gasteiger partial charge in [0.1, 0.15) is 5.75 Å². The third-order valence-electron chi connectivity index (χ3n) is 7.37. The van der Waals surface area contributed by atoms with E-state index in [9.17, 15) is 18.0 Å². The largest absolute Gasteiger partial charge is 0.522 e. The van der Waals surface area contributed by atoms with Crippen LogP contribution < -0.4 is 10.1 Å². The molecule has 33 heavy (non-hydrogen) atoms. The fraction of sp³-hybridized carbons (Fsp3) is 0.609. The molecule has 7 rings (SSSR count). The molecule has 7 nitrogen and oxygen atoms in total. The molecule has 10 heteroatoms. The Balaban J connectivity index is 0.957. The average Bonchev–Trinajstić information content (AvgIpc) is 3.42. The van der Waals surface area contributed by atoms with Crippen LogP contribution in [0.5, 0.6) is 5.75 Å². The van der Waals surface area contributed by atoms with Crippen LogP contribution in [-0.4, -0.2) is 40.7 Å². The summed E-state index contributed by atoms with van der Waals surface area (Å²) in [6.45, 7) is -0.0366. The van der Waals surface area contributed by atoms with Gasteiger partial charge < -0.3 is 14.5 Å². The molecule has 176 valence electrons. The van der Waals surface area contributed by atoms with Crippen molar-refractivity contribution in [2.45, 2.75) is 80.2 Å². The minimum Gasteiger partial charge on any atom is -0.484 e. The fourth-order valence-electron chi connectivity index (χ4n) is 5.55. The number of carbonyl (C=O) groups is 1. The van der Waals surface area contributed by atoms with E-state index < -0.39 is 12.5 Å². The highest BCUT2D eigenvalue weighted by Gasteiger charge is 2.72. The number of halogens is 3. The molecule has 0 aliphatic heterocycles. The quantitative estimate of drug-likeness (QED) is 0.635. The monoisotopic (exact) mass is 463 g/mol. The van der Waals surface area contributed by atoms with Crippen molar-refractivity contribution < 1.29 is 31.9 Å². The standard InChI is InChI=1S/C23H24F3N3O4/c24-23(25,26)33-17-7-15(8-17)19-28-29-20(32-19)21-10-22(11-21,12-21)27-18(30)9-31-16-5-3-14(4-6-16)13-1-2-13/h3-6,13,15,17H,1-2,7-12H2,(H,27,30). The van der Waals surface area contributed by atoms with Crippen LogP contribution >= 0.6 is 0 Å². The maximum absolute atomic E-state index is 12.4. The Morgan fingerprint density at radius 1 is 1.09 bits per heavy atom. The number of nitrogens with zero attached hydrogens (tertiary/aromatic N) is 2. The van der Waals surface area contributed by atoms with E-state index in [1.807, 2.05) is 12.1 Å². The fourth-order valence-corrected chi connectivity index (χ4v) is 5.55. The number of ether oxygens (including phenoxy) is 2. The van der Waals surface area contributed by atoms with Gasteiger partial charge in [-0.3, -0.25) is 9.53 Å². The lowest BCUT2D eigenvalue weighted by Crippen LogP contribution is -2.77. The highest BCUT2D eigenvalue weighted by Crippen LogP contribution is 2.67. The summed E-state index contributed by atoms with van der Waals surface area (Å²) in [5, 5.41) is 11.3. The molecule has 1 aromatic carbocycles. The van der Waals surface area contributed by atoms with Crippen molar-refractivity contribution in [3.05, 3.63) is 41.6 Å². The molecule has 2 aromatic rings. The molecule has 1 amide bonds. The second-order valence-electron chi connectivity index (χ2n) is 10.1. The highest BCUT2D eigenvalue weighted by molar-refractivity contribution is 5.79. The van der Waals surface area contributed by atoms with Crippen molar-refractivity contribution >= 4 is 5.91 Å². The van der Waals surface area contributed by atoms with Gasteiger partial charge in [-0.2, -0.15) is 0 Å². The van der Waals surface area contributed by atoms with E-state index in [1.165, 1.54) is 18.4 Å². The van der Waals surface area contributed by atoms with Crippen LogP contribution in [0.15, 0.2) is 28.7 Å². The van der Waals surface area contributed by atoms with E-state index in [0.29, 0.717) is 42.7 Å². The van der Waals surface area contributed by atoms with Crippen molar-refractivity contribution in [2.24, 2.45) is 0 Å². The first-order valence-electron chi connectivity index (χ1n) is 11.3. The van der Waals surface area contributed by atoms with Crippen LogP contribution in [0.3, 0.4) is 0 Å². The molecule has 0 radical (unpaired) electrons. The topological polar surface area (TPSA) is 86.5 Å². The van der Waals surface area contributed by atoms with Gasteiger partial charge in [0.25, 0.3) is 5.91 Å². The average molecular weight is 463 g/mol. The van der Waals surface area contributed by atoms with Crippen molar-refractivity contribution in [1.29, 1.82) is 0 Å². The summed E-state index contributed by atoms with van der Waals surface area (Å²) in [6, 6.07) is 7.93. The van der Waals surface area contributed by atoms with Crippen molar-refractivity contribution in [2.75, 3.05) is 6.61 Å². The van der Waals surface area contributed by atoms with Gasteiger partial charge in [-0.25, -0.2) is 0 Å². The Labute approximate surface area is 188 Å². The SMILES string of the molecule is O=C(COc1ccc(C2CC2)cc1)NC12CC(c3nnc(C4CC(OC(F)(F)F)C4)o3)(C1)C2. The summed E-state index contributed by atoms with van der Waals surface area (Å²) in [5.74, 6) is 1.89. The molecule has 1 aromatic heterocycles. The lowest BCUT2D eigenvalue weighted by molar-refractivity contribution is -0.352. The van der Waals surface area contributed by atoms with Gasteiger partial charge in [-0.15, -0.1) is 23.4 Å². The molecule has 0 atom stereocenters. The summed E-state index contributed by atoms with van der Waals surface area (Å²) >= 11 is 0. The second kappa shape index (κ2) is 7.19.